The number of carbonyl (C=O) groups excluding carboxylic acids is 6. The number of β-amino-alcohol motifs (C(OH)–C–C–N with tert-alkyl or cyclic N) is 1. The number of aliphatic hydroxyl groups excluding tert-OH is 1. The molecule has 0 bridgehead atoms. The van der Waals surface area contributed by atoms with Gasteiger partial charge < -0.3 is 36.0 Å². The number of unbranched alkanes of at least 4 members (excludes halogenated alkanes) is 3. The van der Waals surface area contributed by atoms with Crippen LogP contribution in [-0.2, 0) is 25.7 Å². The van der Waals surface area contributed by atoms with E-state index in [2.05, 4.69) is 26.3 Å². The van der Waals surface area contributed by atoms with Crippen LogP contribution in [0.2, 0.25) is 0 Å². The van der Waals surface area contributed by atoms with Gasteiger partial charge in [0.25, 0.3) is 11.8 Å². The Morgan fingerprint density at radius 2 is 1.53 bits per heavy atom. The Balaban J connectivity index is 1.02. The number of carbonyl (C=O) groups is 6. The molecule has 0 aliphatic carbocycles. The summed E-state index contributed by atoms with van der Waals surface area (Å²) in [5.41, 5.74) is 6.70. The first-order valence-corrected chi connectivity index (χ1v) is 21.3. The molecule has 3 aromatic carbocycles. The molecule has 2 heterocycles. The molecular formula is C45H55N7O9S. The van der Waals surface area contributed by atoms with Gasteiger partial charge in [-0.15, -0.1) is 11.3 Å². The van der Waals surface area contributed by atoms with E-state index in [0.717, 1.165) is 21.7 Å². The van der Waals surface area contributed by atoms with Gasteiger partial charge in [-0.05, 0) is 78.8 Å². The molecule has 0 radical (unpaired) electrons. The minimum Gasteiger partial charge on any atom is -0.495 e. The Hall–Kier alpha value is -6.17. The van der Waals surface area contributed by atoms with Crippen LogP contribution in [0.1, 0.15) is 97.7 Å². The molecule has 1 aliphatic rings. The first-order valence-electron chi connectivity index (χ1n) is 20.5. The second-order valence-electron chi connectivity index (χ2n) is 16.3. The van der Waals surface area contributed by atoms with Crippen molar-refractivity contribution in [2.24, 2.45) is 5.41 Å². The topological polar surface area (TPSA) is 228 Å². The highest BCUT2D eigenvalue weighted by Crippen LogP contribution is 2.29. The van der Waals surface area contributed by atoms with Crippen LogP contribution in [0.5, 0.6) is 5.75 Å². The van der Waals surface area contributed by atoms with Crippen LogP contribution in [0.3, 0.4) is 0 Å². The number of methoxy groups -OCH3 is 1. The van der Waals surface area contributed by atoms with Crippen LogP contribution in [0.15, 0.2) is 72.2 Å². The standard InChI is InChI=1S/C45H55N7O9S/c1-27-39(62-26-47-27)29-14-12-28(13-15-29)24-46-43(58)35-23-33(53)25-52(35)44(59)40(45(2,3)4)50-38(55)11-9-7-6-8-10-37(54)48-32-19-16-30(17-20-32)41(56)49-34-22-31(42(57)51-60)18-21-36(34)61-5/h12-22,26,33,35,40,53,60H,6-11,23-25H2,1-5H3,(H,46,58)(H,48,54)(H,49,56)(H,50,55)(H,51,57). The number of anilines is 2. The monoisotopic (exact) mass is 869 g/mol. The highest BCUT2D eigenvalue weighted by molar-refractivity contribution is 7.13. The number of nitrogens with one attached hydrogen (secondary N) is 5. The van der Waals surface area contributed by atoms with Crippen molar-refractivity contribution in [2.45, 2.75) is 97.4 Å². The van der Waals surface area contributed by atoms with Gasteiger partial charge in [-0.1, -0.05) is 57.9 Å². The van der Waals surface area contributed by atoms with Crippen molar-refractivity contribution >= 4 is 58.2 Å². The van der Waals surface area contributed by atoms with E-state index in [1.54, 1.807) is 46.6 Å². The van der Waals surface area contributed by atoms with Crippen molar-refractivity contribution in [1.82, 2.24) is 26.0 Å². The first kappa shape index (κ1) is 46.9. The summed E-state index contributed by atoms with van der Waals surface area (Å²) in [4.78, 5) is 84.6. The predicted octanol–water partition coefficient (Wildman–Crippen LogP) is 5.59. The summed E-state index contributed by atoms with van der Waals surface area (Å²) in [6.07, 6.45) is 2.17. The molecule has 1 aromatic heterocycles. The molecule has 7 N–H and O–H groups in total. The molecule has 1 fully saturated rings. The van der Waals surface area contributed by atoms with Gasteiger partial charge in [-0.25, -0.2) is 10.5 Å². The number of hydrogen-bond acceptors (Lipinski definition) is 11. The van der Waals surface area contributed by atoms with Gasteiger partial charge >= 0.3 is 0 Å². The zero-order valence-corrected chi connectivity index (χ0v) is 36.4. The Labute approximate surface area is 364 Å². The Kier molecular flexibility index (Phi) is 16.3. The number of rotatable bonds is 18. The minimum atomic E-state index is -0.923. The maximum atomic E-state index is 14.0. The number of hydroxylamine groups is 1. The molecule has 5 rings (SSSR count). The third-order valence-electron chi connectivity index (χ3n) is 10.5. The molecule has 17 heteroatoms. The molecule has 0 saturated carbocycles. The van der Waals surface area contributed by atoms with Gasteiger partial charge in [0, 0.05) is 49.2 Å². The number of hydrogen-bond donors (Lipinski definition) is 7. The fourth-order valence-corrected chi connectivity index (χ4v) is 7.88. The quantitative estimate of drug-likeness (QED) is 0.0373. The van der Waals surface area contributed by atoms with E-state index in [-0.39, 0.29) is 61.3 Å². The molecule has 3 unspecified atom stereocenters. The lowest BCUT2D eigenvalue weighted by Gasteiger charge is -2.35. The predicted molar refractivity (Wildman–Crippen MR) is 235 cm³/mol. The molecule has 6 amide bonds. The number of nitrogens with zero attached hydrogens (tertiary/aromatic N) is 2. The fourth-order valence-electron chi connectivity index (χ4n) is 7.07. The number of aryl methyl sites for hydroxylation is 1. The molecule has 16 nitrogen and oxygen atoms in total. The fraction of sp³-hybridized carbons (Fsp3) is 0.400. The zero-order chi connectivity index (χ0) is 45.0. The summed E-state index contributed by atoms with van der Waals surface area (Å²) in [5.74, 6) is -2.21. The minimum absolute atomic E-state index is 0.0137. The Bertz CT molecular complexity index is 2220. The number of thiazole rings is 1. The summed E-state index contributed by atoms with van der Waals surface area (Å²) in [6, 6.07) is 16.6. The molecule has 3 atom stereocenters. The van der Waals surface area contributed by atoms with Gasteiger partial charge in [0.1, 0.15) is 17.8 Å². The molecule has 0 spiro atoms. The maximum absolute atomic E-state index is 14.0. The number of ether oxygens (including phenoxy) is 1. The van der Waals surface area contributed by atoms with Crippen molar-refractivity contribution in [3.05, 3.63) is 94.6 Å². The summed E-state index contributed by atoms with van der Waals surface area (Å²) in [6.45, 7) is 7.72. The van der Waals surface area contributed by atoms with Crippen molar-refractivity contribution in [3.8, 4) is 16.2 Å². The van der Waals surface area contributed by atoms with E-state index in [0.29, 0.717) is 42.7 Å². The third kappa shape index (κ3) is 12.7. The van der Waals surface area contributed by atoms with E-state index in [1.807, 2.05) is 52.0 Å². The normalized spacial score (nSPS) is 15.3. The molecular weight excluding hydrogens is 815 g/mol. The van der Waals surface area contributed by atoms with Crippen molar-refractivity contribution in [3.63, 3.8) is 0 Å². The molecule has 62 heavy (non-hydrogen) atoms. The van der Waals surface area contributed by atoms with Crippen LogP contribution in [-0.4, -0.2) is 87.5 Å². The van der Waals surface area contributed by atoms with Crippen molar-refractivity contribution < 1.29 is 43.8 Å². The van der Waals surface area contributed by atoms with Gasteiger partial charge in [-0.2, -0.15) is 0 Å². The van der Waals surface area contributed by atoms with Crippen LogP contribution < -0.4 is 31.5 Å². The number of aromatic nitrogens is 1. The second kappa shape index (κ2) is 21.6. The Morgan fingerprint density at radius 1 is 0.871 bits per heavy atom. The van der Waals surface area contributed by atoms with Gasteiger partial charge in [0.2, 0.25) is 23.6 Å². The van der Waals surface area contributed by atoms with Crippen LogP contribution in [0.4, 0.5) is 11.4 Å². The van der Waals surface area contributed by atoms with Crippen molar-refractivity contribution in [1.29, 1.82) is 0 Å². The van der Waals surface area contributed by atoms with E-state index >= 15 is 0 Å². The molecule has 330 valence electrons. The largest absolute Gasteiger partial charge is 0.495 e. The average Bonchev–Trinajstić information content (AvgIpc) is 3.87. The van der Waals surface area contributed by atoms with Crippen LogP contribution in [0.25, 0.3) is 10.4 Å². The van der Waals surface area contributed by atoms with Gasteiger partial charge in [0.15, 0.2) is 0 Å². The summed E-state index contributed by atoms with van der Waals surface area (Å²) in [5, 5.41) is 30.8. The van der Waals surface area contributed by atoms with Crippen LogP contribution >= 0.6 is 11.3 Å². The van der Waals surface area contributed by atoms with E-state index in [9.17, 15) is 33.9 Å². The van der Waals surface area contributed by atoms with Crippen LogP contribution in [0, 0.1) is 12.3 Å². The molecule has 1 saturated heterocycles. The van der Waals surface area contributed by atoms with E-state index in [4.69, 9.17) is 9.94 Å². The lowest BCUT2D eigenvalue weighted by Crippen LogP contribution is -2.57. The third-order valence-corrected chi connectivity index (χ3v) is 11.5. The van der Waals surface area contributed by atoms with Crippen molar-refractivity contribution in [2.75, 3.05) is 24.3 Å². The summed E-state index contributed by atoms with van der Waals surface area (Å²) in [7, 11) is 1.42. The maximum Gasteiger partial charge on any atom is 0.274 e. The average molecular weight is 870 g/mol. The summed E-state index contributed by atoms with van der Waals surface area (Å²) < 4.78 is 5.26. The Morgan fingerprint density at radius 3 is 2.15 bits per heavy atom. The highest BCUT2D eigenvalue weighted by atomic mass is 32.1. The lowest BCUT2D eigenvalue weighted by atomic mass is 9.85. The molecule has 4 aromatic rings. The highest BCUT2D eigenvalue weighted by Gasteiger charge is 2.44. The molecule has 1 aliphatic heterocycles. The number of benzene rings is 3. The summed E-state index contributed by atoms with van der Waals surface area (Å²) >= 11 is 1.56. The first-order chi connectivity index (χ1) is 29.6. The second-order valence-corrected chi connectivity index (χ2v) is 17.1. The van der Waals surface area contributed by atoms with E-state index in [1.165, 1.54) is 30.2 Å². The van der Waals surface area contributed by atoms with Gasteiger partial charge in [-0.3, -0.25) is 34.0 Å². The number of likely N-dealkylation sites (tertiary alicyclic amines) is 1. The number of amides is 6. The SMILES string of the molecule is COc1ccc(C(=O)NO)cc1NC(=O)c1ccc(NC(=O)CCCCCCC(=O)NC(C(=O)N2CC(O)CC2C(=O)NCc2ccc(-c3scnc3C)cc2)C(C)(C)C)cc1. The zero-order valence-electron chi connectivity index (χ0n) is 35.6. The smallest absolute Gasteiger partial charge is 0.274 e. The number of aliphatic hydroxyl groups is 1. The van der Waals surface area contributed by atoms with E-state index < -0.39 is 41.3 Å². The van der Waals surface area contributed by atoms with Gasteiger partial charge in [0.05, 0.1) is 35.0 Å². The lowest BCUT2D eigenvalue weighted by molar-refractivity contribution is -0.144.